The van der Waals surface area contributed by atoms with Gasteiger partial charge in [0.2, 0.25) is 0 Å². The molecular formula is C8H14N4O2S. The van der Waals surface area contributed by atoms with Crippen LogP contribution in [-0.2, 0) is 0 Å². The molecule has 0 spiro atoms. The Balaban J connectivity index is 2.95. The highest BCUT2D eigenvalue weighted by molar-refractivity contribution is 8.00. The summed E-state index contributed by atoms with van der Waals surface area (Å²) in [6, 6.07) is 0. The molecule has 1 aromatic heterocycles. The maximum Gasteiger partial charge on any atom is 0.195 e. The number of aliphatic hydroxyl groups excluding tert-OH is 1. The van der Waals surface area contributed by atoms with Crippen molar-refractivity contribution in [2.75, 3.05) is 19.1 Å². The molecule has 0 aliphatic heterocycles. The van der Waals surface area contributed by atoms with Crippen molar-refractivity contribution in [3.63, 3.8) is 0 Å². The Kier molecular flexibility index (Phi) is 4.60. The van der Waals surface area contributed by atoms with E-state index in [2.05, 4.69) is 15.4 Å². The van der Waals surface area contributed by atoms with E-state index in [4.69, 9.17) is 15.7 Å². The zero-order valence-corrected chi connectivity index (χ0v) is 9.41. The predicted molar refractivity (Wildman–Crippen MR) is 58.8 cm³/mol. The molecule has 1 aromatic rings. The molecule has 1 atom stereocenters. The fourth-order valence-corrected chi connectivity index (χ4v) is 1.81. The van der Waals surface area contributed by atoms with Crippen LogP contribution in [0.1, 0.15) is 6.92 Å². The molecule has 1 rings (SSSR count). The normalized spacial score (nSPS) is 12.3. The van der Waals surface area contributed by atoms with Crippen molar-refractivity contribution in [3.05, 3.63) is 6.33 Å². The fourth-order valence-electron chi connectivity index (χ4n) is 0.956. The zero-order valence-electron chi connectivity index (χ0n) is 8.60. The molecule has 0 amide bonds. The van der Waals surface area contributed by atoms with E-state index in [0.717, 1.165) is 0 Å². The smallest absolute Gasteiger partial charge is 0.195 e. The van der Waals surface area contributed by atoms with Crippen LogP contribution in [-0.4, -0.2) is 34.0 Å². The van der Waals surface area contributed by atoms with Crippen LogP contribution < -0.4 is 16.0 Å². The lowest BCUT2D eigenvalue weighted by Gasteiger charge is -2.12. The van der Waals surface area contributed by atoms with Crippen molar-refractivity contribution in [1.29, 1.82) is 0 Å². The highest BCUT2D eigenvalue weighted by Crippen LogP contribution is 2.33. The first kappa shape index (κ1) is 12.0. The van der Waals surface area contributed by atoms with Gasteiger partial charge >= 0.3 is 0 Å². The van der Waals surface area contributed by atoms with Gasteiger partial charge in [0, 0.05) is 5.25 Å². The number of methoxy groups -OCH3 is 1. The van der Waals surface area contributed by atoms with E-state index in [0.29, 0.717) is 16.6 Å². The van der Waals surface area contributed by atoms with Crippen LogP contribution in [0.5, 0.6) is 5.75 Å². The van der Waals surface area contributed by atoms with Crippen LogP contribution in [0.25, 0.3) is 0 Å². The third-order valence-corrected chi connectivity index (χ3v) is 2.75. The van der Waals surface area contributed by atoms with E-state index in [1.54, 1.807) is 0 Å². The number of nitrogens with two attached hydrogens (primary N) is 1. The molecule has 7 heteroatoms. The van der Waals surface area contributed by atoms with E-state index >= 15 is 0 Å². The van der Waals surface area contributed by atoms with Gasteiger partial charge in [-0.15, -0.1) is 0 Å². The average molecular weight is 230 g/mol. The first-order valence-electron chi connectivity index (χ1n) is 4.36. The van der Waals surface area contributed by atoms with Crippen molar-refractivity contribution in [3.8, 4) is 5.75 Å². The maximum atomic E-state index is 8.94. The number of aromatic nitrogens is 2. The van der Waals surface area contributed by atoms with E-state index < -0.39 is 0 Å². The van der Waals surface area contributed by atoms with Gasteiger partial charge in [0.15, 0.2) is 11.6 Å². The summed E-state index contributed by atoms with van der Waals surface area (Å²) < 4.78 is 5.14. The Labute approximate surface area is 92.2 Å². The minimum Gasteiger partial charge on any atom is -0.490 e. The molecule has 0 aliphatic carbocycles. The Morgan fingerprint density at radius 2 is 2.40 bits per heavy atom. The number of nitrogen functional groups attached to an aromatic ring is 1. The molecule has 0 radical (unpaired) electrons. The van der Waals surface area contributed by atoms with Crippen LogP contribution in [0.2, 0.25) is 0 Å². The van der Waals surface area contributed by atoms with Gasteiger partial charge in [0.1, 0.15) is 11.4 Å². The second kappa shape index (κ2) is 5.74. The molecule has 1 unspecified atom stereocenters. The summed E-state index contributed by atoms with van der Waals surface area (Å²) >= 11 is 1.40. The topological polar surface area (TPSA) is 93.3 Å². The molecule has 6 nitrogen and oxygen atoms in total. The number of nitrogens with one attached hydrogen (secondary N) is 1. The monoisotopic (exact) mass is 230 g/mol. The molecule has 1 heterocycles. The summed E-state index contributed by atoms with van der Waals surface area (Å²) in [5.41, 5.74) is 2.43. The highest BCUT2D eigenvalue weighted by atomic mass is 32.2. The Bertz CT molecular complexity index is 324. The predicted octanol–water partition coefficient (Wildman–Crippen LogP) is 0.244. The fraction of sp³-hybridized carbons (Fsp3) is 0.500. The molecule has 0 aromatic carbocycles. The van der Waals surface area contributed by atoms with E-state index in [-0.39, 0.29) is 11.9 Å². The molecule has 0 bridgehead atoms. The second-order valence-corrected chi connectivity index (χ2v) is 4.24. The number of aliphatic hydroxyl groups is 1. The Morgan fingerprint density at radius 1 is 1.67 bits per heavy atom. The van der Waals surface area contributed by atoms with E-state index in [9.17, 15) is 0 Å². The number of ether oxygens (including phenoxy) is 1. The van der Waals surface area contributed by atoms with Crippen LogP contribution in [0.4, 0.5) is 5.82 Å². The molecule has 4 N–H and O–H groups in total. The van der Waals surface area contributed by atoms with Gasteiger partial charge in [-0.25, -0.2) is 15.8 Å². The van der Waals surface area contributed by atoms with Gasteiger partial charge in [-0.05, 0) is 0 Å². The number of hydrogen-bond acceptors (Lipinski definition) is 7. The minimum atomic E-state index is 0.0411. The van der Waals surface area contributed by atoms with Crippen molar-refractivity contribution in [2.24, 2.45) is 5.84 Å². The molecule has 0 fully saturated rings. The van der Waals surface area contributed by atoms with Gasteiger partial charge in [-0.2, -0.15) is 0 Å². The lowest BCUT2D eigenvalue weighted by Crippen LogP contribution is -2.11. The Morgan fingerprint density at radius 3 is 2.93 bits per heavy atom. The standard InChI is InChI=1S/C8H14N4O2S/c1-5(3-13)15-8-6(14-2)7(12-9)10-4-11-8/h4-5,13H,3,9H2,1-2H3,(H,10,11,12). The first-order chi connectivity index (χ1) is 7.22. The van der Waals surface area contributed by atoms with Crippen molar-refractivity contribution in [1.82, 2.24) is 9.97 Å². The van der Waals surface area contributed by atoms with Crippen molar-refractivity contribution >= 4 is 17.6 Å². The van der Waals surface area contributed by atoms with Gasteiger partial charge < -0.3 is 15.3 Å². The summed E-state index contributed by atoms with van der Waals surface area (Å²) in [7, 11) is 1.52. The van der Waals surface area contributed by atoms with Gasteiger partial charge in [-0.3, -0.25) is 0 Å². The zero-order chi connectivity index (χ0) is 11.3. The van der Waals surface area contributed by atoms with E-state index in [1.165, 1.54) is 25.2 Å². The summed E-state index contributed by atoms with van der Waals surface area (Å²) in [6.07, 6.45) is 1.39. The minimum absolute atomic E-state index is 0.0411. The van der Waals surface area contributed by atoms with Gasteiger partial charge in [-0.1, -0.05) is 18.7 Å². The largest absolute Gasteiger partial charge is 0.490 e. The van der Waals surface area contributed by atoms with Crippen molar-refractivity contribution < 1.29 is 9.84 Å². The SMILES string of the molecule is COc1c(NN)ncnc1SC(C)CO. The third kappa shape index (κ3) is 2.95. The number of thioether (sulfide) groups is 1. The van der Waals surface area contributed by atoms with Gasteiger partial charge in [0.25, 0.3) is 0 Å². The summed E-state index contributed by atoms with van der Waals surface area (Å²) in [6.45, 7) is 1.96. The van der Waals surface area contributed by atoms with Crippen LogP contribution >= 0.6 is 11.8 Å². The quantitative estimate of drug-likeness (QED) is 0.289. The molecule has 84 valence electrons. The molecule has 0 saturated heterocycles. The second-order valence-electron chi connectivity index (χ2n) is 2.82. The van der Waals surface area contributed by atoms with Crippen LogP contribution in [0, 0.1) is 0 Å². The van der Waals surface area contributed by atoms with E-state index in [1.807, 2.05) is 6.92 Å². The highest BCUT2D eigenvalue weighted by Gasteiger charge is 2.14. The maximum absolute atomic E-state index is 8.94. The lowest BCUT2D eigenvalue weighted by atomic mass is 10.5. The number of nitrogens with zero attached hydrogens (tertiary/aromatic N) is 2. The van der Waals surface area contributed by atoms with Gasteiger partial charge in [0.05, 0.1) is 13.7 Å². The lowest BCUT2D eigenvalue weighted by molar-refractivity contribution is 0.300. The van der Waals surface area contributed by atoms with Crippen LogP contribution in [0.15, 0.2) is 11.4 Å². The molecule has 15 heavy (non-hydrogen) atoms. The molecular weight excluding hydrogens is 216 g/mol. The van der Waals surface area contributed by atoms with Crippen LogP contribution in [0.3, 0.4) is 0 Å². The first-order valence-corrected chi connectivity index (χ1v) is 5.24. The number of rotatable bonds is 5. The number of hydrogen-bond donors (Lipinski definition) is 3. The Hall–Kier alpha value is -1.05. The average Bonchev–Trinajstić information content (AvgIpc) is 2.28. The number of hydrazine groups is 1. The summed E-state index contributed by atoms with van der Waals surface area (Å²) in [4.78, 5) is 7.98. The molecule has 0 saturated carbocycles. The summed E-state index contributed by atoms with van der Waals surface area (Å²) in [5, 5.41) is 9.64. The summed E-state index contributed by atoms with van der Waals surface area (Å²) in [5.74, 6) is 6.20. The third-order valence-electron chi connectivity index (χ3n) is 1.68. The number of anilines is 1. The van der Waals surface area contributed by atoms with Crippen molar-refractivity contribution in [2.45, 2.75) is 17.2 Å². The molecule has 0 aliphatic rings.